The second-order valence-electron chi connectivity index (χ2n) is 5.42. The van der Waals surface area contributed by atoms with E-state index in [1.807, 2.05) is 12.1 Å². The van der Waals surface area contributed by atoms with E-state index in [9.17, 15) is 0 Å². The molecule has 0 aromatic heterocycles. The molecule has 1 atom stereocenters. The maximum absolute atomic E-state index is 5.76. The van der Waals surface area contributed by atoms with Crippen molar-refractivity contribution >= 4 is 21.6 Å². The number of hydrogen-bond acceptors (Lipinski definition) is 2. The number of rotatable bonds is 4. The zero-order valence-electron chi connectivity index (χ0n) is 12.2. The van der Waals surface area contributed by atoms with E-state index in [0.29, 0.717) is 6.04 Å². The van der Waals surface area contributed by atoms with Gasteiger partial charge >= 0.3 is 0 Å². The van der Waals surface area contributed by atoms with Crippen molar-refractivity contribution in [2.24, 2.45) is 0 Å². The van der Waals surface area contributed by atoms with Gasteiger partial charge < -0.3 is 10.1 Å². The van der Waals surface area contributed by atoms with Crippen molar-refractivity contribution < 1.29 is 4.74 Å². The van der Waals surface area contributed by atoms with Crippen LogP contribution in [0.5, 0.6) is 5.75 Å². The third-order valence-electron chi connectivity index (χ3n) is 3.88. The maximum Gasteiger partial charge on any atom is 0.124 e. The van der Waals surface area contributed by atoms with Crippen LogP contribution in [0.25, 0.3) is 0 Å². The maximum atomic E-state index is 5.76. The van der Waals surface area contributed by atoms with Gasteiger partial charge in [0, 0.05) is 22.1 Å². The van der Waals surface area contributed by atoms with Crippen molar-refractivity contribution in [2.45, 2.75) is 32.2 Å². The van der Waals surface area contributed by atoms with Crippen molar-refractivity contribution in [3.63, 3.8) is 0 Å². The van der Waals surface area contributed by atoms with Crippen LogP contribution in [0.15, 0.2) is 46.9 Å². The highest BCUT2D eigenvalue weighted by Crippen LogP contribution is 2.36. The third-order valence-corrected chi connectivity index (χ3v) is 4.37. The largest absolute Gasteiger partial charge is 0.493 e. The van der Waals surface area contributed by atoms with Gasteiger partial charge in [-0.25, -0.2) is 0 Å². The topological polar surface area (TPSA) is 21.3 Å². The molecule has 3 heteroatoms. The summed E-state index contributed by atoms with van der Waals surface area (Å²) in [6.45, 7) is 2.99. The predicted molar refractivity (Wildman–Crippen MR) is 91.1 cm³/mol. The van der Waals surface area contributed by atoms with Gasteiger partial charge in [0.25, 0.3) is 0 Å². The second-order valence-corrected chi connectivity index (χ2v) is 6.34. The molecule has 0 saturated heterocycles. The first kappa shape index (κ1) is 14.5. The normalized spacial score (nSPS) is 17.0. The summed E-state index contributed by atoms with van der Waals surface area (Å²) >= 11 is 3.56. The van der Waals surface area contributed by atoms with E-state index >= 15 is 0 Å². The molecule has 0 aliphatic carbocycles. The zero-order chi connectivity index (χ0) is 14.7. The van der Waals surface area contributed by atoms with Crippen molar-refractivity contribution in [3.05, 3.63) is 58.1 Å². The molecule has 1 N–H and O–H groups in total. The molecule has 0 saturated carbocycles. The number of ether oxygens (including phenoxy) is 1. The van der Waals surface area contributed by atoms with Gasteiger partial charge in [-0.2, -0.15) is 0 Å². The fourth-order valence-corrected chi connectivity index (χ4v) is 3.23. The van der Waals surface area contributed by atoms with E-state index < -0.39 is 0 Å². The molecular formula is C18H20BrNO. The Hall–Kier alpha value is -1.48. The molecule has 3 rings (SSSR count). The minimum atomic E-state index is 0.309. The highest BCUT2D eigenvalue weighted by Gasteiger charge is 2.22. The van der Waals surface area contributed by atoms with Crippen molar-refractivity contribution in [3.8, 4) is 5.75 Å². The van der Waals surface area contributed by atoms with Crippen LogP contribution in [-0.2, 0) is 6.42 Å². The summed E-state index contributed by atoms with van der Waals surface area (Å²) in [5.74, 6) is 0.995. The van der Waals surface area contributed by atoms with Crippen LogP contribution in [0.4, 0.5) is 5.69 Å². The summed E-state index contributed by atoms with van der Waals surface area (Å²) in [6, 6.07) is 15.2. The lowest BCUT2D eigenvalue weighted by Crippen LogP contribution is -2.21. The smallest absolute Gasteiger partial charge is 0.124 e. The summed E-state index contributed by atoms with van der Waals surface area (Å²) in [7, 11) is 0. The van der Waals surface area contributed by atoms with Crippen molar-refractivity contribution in [1.29, 1.82) is 0 Å². The molecule has 0 fully saturated rings. The first-order chi connectivity index (χ1) is 10.3. The average molecular weight is 346 g/mol. The molecule has 1 aliphatic rings. The monoisotopic (exact) mass is 345 g/mol. The molecule has 0 bridgehead atoms. The number of aryl methyl sites for hydroxylation is 1. The highest BCUT2D eigenvalue weighted by molar-refractivity contribution is 9.10. The van der Waals surface area contributed by atoms with E-state index in [2.05, 4.69) is 58.5 Å². The predicted octanol–water partition coefficient (Wildman–Crippen LogP) is 5.34. The van der Waals surface area contributed by atoms with E-state index in [1.54, 1.807) is 0 Å². The van der Waals surface area contributed by atoms with E-state index in [-0.39, 0.29) is 0 Å². The molecule has 1 heterocycles. The van der Waals surface area contributed by atoms with Crippen molar-refractivity contribution in [1.82, 2.24) is 0 Å². The van der Waals surface area contributed by atoms with Gasteiger partial charge in [0.2, 0.25) is 0 Å². The average Bonchev–Trinajstić information content (AvgIpc) is 2.50. The van der Waals surface area contributed by atoms with Gasteiger partial charge in [-0.05, 0) is 36.2 Å². The Labute approximate surface area is 134 Å². The molecule has 2 nitrogen and oxygen atoms in total. The molecular weight excluding hydrogens is 326 g/mol. The number of halogens is 1. The van der Waals surface area contributed by atoms with Gasteiger partial charge in [-0.15, -0.1) is 0 Å². The summed E-state index contributed by atoms with van der Waals surface area (Å²) in [5, 5.41) is 3.72. The van der Waals surface area contributed by atoms with Gasteiger partial charge in [0.15, 0.2) is 0 Å². The Bertz CT molecular complexity index is 626. The molecule has 110 valence electrons. The number of nitrogens with one attached hydrogen (secondary N) is 1. The van der Waals surface area contributed by atoms with Crippen LogP contribution in [0.2, 0.25) is 0 Å². The van der Waals surface area contributed by atoms with Crippen molar-refractivity contribution in [2.75, 3.05) is 11.9 Å². The Balaban J connectivity index is 1.88. The number of fused-ring (bicyclic) bond motifs is 1. The minimum absolute atomic E-state index is 0.309. The van der Waals surface area contributed by atoms with Gasteiger partial charge in [-0.3, -0.25) is 0 Å². The van der Waals surface area contributed by atoms with Crippen LogP contribution >= 0.6 is 15.9 Å². The number of benzene rings is 2. The highest BCUT2D eigenvalue weighted by atomic mass is 79.9. The lowest BCUT2D eigenvalue weighted by Gasteiger charge is -2.28. The van der Waals surface area contributed by atoms with E-state index in [0.717, 1.165) is 36.1 Å². The molecule has 0 amide bonds. The van der Waals surface area contributed by atoms with Crippen LogP contribution in [-0.4, -0.2) is 6.61 Å². The fourth-order valence-electron chi connectivity index (χ4n) is 2.85. The Morgan fingerprint density at radius 2 is 2.10 bits per heavy atom. The molecule has 1 aliphatic heterocycles. The minimum Gasteiger partial charge on any atom is -0.493 e. The summed E-state index contributed by atoms with van der Waals surface area (Å²) < 4.78 is 6.86. The van der Waals surface area contributed by atoms with Crippen LogP contribution in [0.1, 0.15) is 36.9 Å². The quantitative estimate of drug-likeness (QED) is 0.807. The number of hydrogen-bond donors (Lipinski definition) is 1. The molecule has 0 radical (unpaired) electrons. The molecule has 2 aromatic carbocycles. The number of para-hydroxylation sites is 1. The summed E-state index contributed by atoms with van der Waals surface area (Å²) in [6.07, 6.45) is 3.26. The summed E-state index contributed by atoms with van der Waals surface area (Å²) in [4.78, 5) is 0. The van der Waals surface area contributed by atoms with E-state index in [4.69, 9.17) is 4.74 Å². The standard InChI is InChI=1S/C18H20BrNO/c1-2-5-13-6-3-4-7-16(13)20-17-10-11-21-18-9-8-14(19)12-15(17)18/h3-4,6-9,12,17,20H,2,5,10-11H2,1H3. The SMILES string of the molecule is CCCc1ccccc1NC1CCOc2ccc(Br)cc21. The van der Waals surface area contributed by atoms with E-state index in [1.165, 1.54) is 16.8 Å². The Morgan fingerprint density at radius 3 is 2.95 bits per heavy atom. The number of anilines is 1. The fraction of sp³-hybridized carbons (Fsp3) is 0.333. The Morgan fingerprint density at radius 1 is 1.24 bits per heavy atom. The van der Waals surface area contributed by atoms with Crippen LogP contribution in [0, 0.1) is 0 Å². The van der Waals surface area contributed by atoms with Crippen LogP contribution < -0.4 is 10.1 Å². The van der Waals surface area contributed by atoms with Gasteiger partial charge in [0.1, 0.15) is 5.75 Å². The molecule has 2 aromatic rings. The van der Waals surface area contributed by atoms with Gasteiger partial charge in [0.05, 0.1) is 12.6 Å². The molecule has 0 spiro atoms. The molecule has 1 unspecified atom stereocenters. The first-order valence-corrected chi connectivity index (χ1v) is 8.34. The third kappa shape index (κ3) is 3.24. The second kappa shape index (κ2) is 6.52. The van der Waals surface area contributed by atoms with Gasteiger partial charge in [-0.1, -0.05) is 47.5 Å². The Kier molecular flexibility index (Phi) is 4.49. The lowest BCUT2D eigenvalue weighted by molar-refractivity contribution is 0.274. The zero-order valence-corrected chi connectivity index (χ0v) is 13.8. The summed E-state index contributed by atoms with van der Waals surface area (Å²) in [5.41, 5.74) is 3.88. The first-order valence-electron chi connectivity index (χ1n) is 7.54. The molecule has 21 heavy (non-hydrogen) atoms. The van der Waals surface area contributed by atoms with Crippen LogP contribution in [0.3, 0.4) is 0 Å². The lowest BCUT2D eigenvalue weighted by atomic mass is 9.99.